The van der Waals surface area contributed by atoms with Gasteiger partial charge in [0.05, 0.1) is 0 Å². The highest BCUT2D eigenvalue weighted by Gasteiger charge is 2.39. The summed E-state index contributed by atoms with van der Waals surface area (Å²) in [6, 6.07) is 4.15. The molecule has 1 aromatic rings. The Morgan fingerprint density at radius 3 is 2.79 bits per heavy atom. The molecule has 0 unspecified atom stereocenters. The Bertz CT molecular complexity index is 364. The lowest BCUT2D eigenvalue weighted by molar-refractivity contribution is 0.487. The van der Waals surface area contributed by atoms with E-state index in [9.17, 15) is 0 Å². The van der Waals surface area contributed by atoms with Crippen LogP contribution in [0.4, 0.5) is 5.82 Å². The van der Waals surface area contributed by atoms with Crippen molar-refractivity contribution in [3.8, 4) is 0 Å². The predicted octanol–water partition coefficient (Wildman–Crippen LogP) is 3.08. The van der Waals surface area contributed by atoms with E-state index in [0.29, 0.717) is 0 Å². The van der Waals surface area contributed by atoms with E-state index in [1.54, 1.807) is 0 Å². The summed E-state index contributed by atoms with van der Waals surface area (Å²) in [7, 11) is 0. The largest absolute Gasteiger partial charge is 0.343 e. The number of hydrogen-bond acceptors (Lipinski definition) is 2. The minimum atomic E-state index is 0.101. The summed E-state index contributed by atoms with van der Waals surface area (Å²) < 4.78 is 0. The van der Waals surface area contributed by atoms with Crippen LogP contribution in [0.15, 0.2) is 30.6 Å². The summed E-state index contributed by atoms with van der Waals surface area (Å²) in [5.41, 5.74) is 2.50. The molecule has 1 aliphatic rings. The Labute approximate surface area is 85.1 Å². The first kappa shape index (κ1) is 9.25. The summed E-state index contributed by atoms with van der Waals surface area (Å²) in [4.78, 5) is 4.33. The molecule has 74 valence electrons. The normalized spacial score (nSPS) is 17.7. The zero-order valence-corrected chi connectivity index (χ0v) is 8.80. The molecule has 0 fully saturated rings. The number of rotatable bonds is 2. The second kappa shape index (κ2) is 3.12. The van der Waals surface area contributed by atoms with Gasteiger partial charge in [0.2, 0.25) is 0 Å². The molecule has 1 aromatic heterocycles. The maximum atomic E-state index is 4.33. The van der Waals surface area contributed by atoms with E-state index in [4.69, 9.17) is 0 Å². The molecule has 1 N–H and O–H groups in total. The monoisotopic (exact) mass is 188 g/mol. The number of hydrogen-bond donors (Lipinski definition) is 1. The summed E-state index contributed by atoms with van der Waals surface area (Å²) >= 11 is 0. The lowest BCUT2D eigenvalue weighted by Crippen LogP contribution is -2.23. The molecule has 2 nitrogen and oxygen atoms in total. The van der Waals surface area contributed by atoms with E-state index in [1.807, 2.05) is 12.3 Å². The number of nitrogens with one attached hydrogen (secondary N) is 1. The molecule has 2 heteroatoms. The van der Waals surface area contributed by atoms with Gasteiger partial charge in [0.1, 0.15) is 5.82 Å². The molecule has 0 bridgehead atoms. The predicted molar refractivity (Wildman–Crippen MR) is 59.3 cm³/mol. The highest BCUT2D eigenvalue weighted by Crippen LogP contribution is 2.46. The minimum absolute atomic E-state index is 0.101. The number of pyridine rings is 1. The molecule has 0 amide bonds. The Morgan fingerprint density at radius 1 is 1.43 bits per heavy atom. The van der Waals surface area contributed by atoms with E-state index >= 15 is 0 Å². The van der Waals surface area contributed by atoms with Crippen molar-refractivity contribution in [2.45, 2.75) is 32.1 Å². The van der Waals surface area contributed by atoms with Crippen LogP contribution in [0.5, 0.6) is 0 Å². The molecule has 0 saturated carbocycles. The fraction of sp³-hybridized carbons (Fsp3) is 0.417. The van der Waals surface area contributed by atoms with Gasteiger partial charge in [0.15, 0.2) is 0 Å². The van der Waals surface area contributed by atoms with Crippen LogP contribution in [0.2, 0.25) is 0 Å². The molecule has 2 heterocycles. The van der Waals surface area contributed by atoms with Crippen LogP contribution in [0.3, 0.4) is 0 Å². The molecule has 0 aromatic carbocycles. The molecule has 0 saturated heterocycles. The van der Waals surface area contributed by atoms with Crippen LogP contribution >= 0.6 is 0 Å². The fourth-order valence-electron chi connectivity index (χ4n) is 2.37. The number of fused-ring (bicyclic) bond motifs is 1. The van der Waals surface area contributed by atoms with Gasteiger partial charge >= 0.3 is 0 Å². The molecule has 14 heavy (non-hydrogen) atoms. The van der Waals surface area contributed by atoms with Crippen LogP contribution < -0.4 is 5.32 Å². The molecule has 0 atom stereocenters. The third-order valence-corrected chi connectivity index (χ3v) is 3.38. The third-order valence-electron chi connectivity index (χ3n) is 3.38. The third kappa shape index (κ3) is 0.999. The zero-order valence-electron chi connectivity index (χ0n) is 8.80. The average molecular weight is 188 g/mol. The summed E-state index contributed by atoms with van der Waals surface area (Å²) in [6.45, 7) is 8.53. The van der Waals surface area contributed by atoms with E-state index in [1.165, 1.54) is 5.56 Å². The van der Waals surface area contributed by atoms with Gasteiger partial charge in [-0.2, -0.15) is 0 Å². The first-order chi connectivity index (χ1) is 6.74. The Kier molecular flexibility index (Phi) is 2.06. The average Bonchev–Trinajstić information content (AvgIpc) is 2.50. The first-order valence-electron chi connectivity index (χ1n) is 5.16. The minimum Gasteiger partial charge on any atom is -0.343 e. The molecule has 0 spiro atoms. The van der Waals surface area contributed by atoms with Gasteiger partial charge in [0, 0.05) is 22.9 Å². The first-order valence-corrected chi connectivity index (χ1v) is 5.16. The second-order valence-electron chi connectivity index (χ2n) is 3.79. The van der Waals surface area contributed by atoms with E-state index in [2.05, 4.69) is 36.8 Å². The van der Waals surface area contributed by atoms with Gasteiger partial charge in [-0.15, -0.1) is 0 Å². The van der Waals surface area contributed by atoms with Crippen LogP contribution in [0.25, 0.3) is 0 Å². The van der Waals surface area contributed by atoms with Crippen molar-refractivity contribution in [2.24, 2.45) is 0 Å². The van der Waals surface area contributed by atoms with E-state index in [0.717, 1.165) is 24.4 Å². The summed E-state index contributed by atoms with van der Waals surface area (Å²) in [6.07, 6.45) is 3.97. The molecular formula is C12H16N2. The zero-order chi connectivity index (χ0) is 10.2. The standard InChI is InChI=1S/C12H16N2/c1-4-12(5-2)9(3)14-11-10(12)7-6-8-13-11/h6-8H,3-5H2,1-2H3,(H,13,14). The van der Waals surface area contributed by atoms with Crippen LogP contribution in [0, 0.1) is 0 Å². The van der Waals surface area contributed by atoms with Crippen molar-refractivity contribution < 1.29 is 0 Å². The molecule has 0 radical (unpaired) electrons. The Morgan fingerprint density at radius 2 is 2.14 bits per heavy atom. The van der Waals surface area contributed by atoms with Crippen LogP contribution in [0.1, 0.15) is 32.3 Å². The van der Waals surface area contributed by atoms with Crippen molar-refractivity contribution in [1.82, 2.24) is 4.98 Å². The van der Waals surface area contributed by atoms with Crippen molar-refractivity contribution >= 4 is 5.82 Å². The van der Waals surface area contributed by atoms with Gasteiger partial charge in [-0.25, -0.2) is 4.98 Å². The molecular weight excluding hydrogens is 172 g/mol. The highest BCUT2D eigenvalue weighted by atomic mass is 15.0. The van der Waals surface area contributed by atoms with Gasteiger partial charge in [-0.3, -0.25) is 0 Å². The smallest absolute Gasteiger partial charge is 0.134 e. The Balaban J connectivity index is 2.58. The molecule has 2 rings (SSSR count). The SMILES string of the molecule is C=C1Nc2ncccc2C1(CC)CC. The number of nitrogens with zero attached hydrogens (tertiary/aromatic N) is 1. The van der Waals surface area contributed by atoms with Gasteiger partial charge < -0.3 is 5.32 Å². The second-order valence-corrected chi connectivity index (χ2v) is 3.79. The lowest BCUT2D eigenvalue weighted by Gasteiger charge is -2.27. The number of allylic oxidation sites excluding steroid dienone is 1. The van der Waals surface area contributed by atoms with Crippen LogP contribution in [-0.2, 0) is 5.41 Å². The summed E-state index contributed by atoms with van der Waals surface area (Å²) in [5.74, 6) is 0.987. The van der Waals surface area contributed by atoms with Crippen molar-refractivity contribution in [1.29, 1.82) is 0 Å². The van der Waals surface area contributed by atoms with Crippen molar-refractivity contribution in [2.75, 3.05) is 5.32 Å². The quantitative estimate of drug-likeness (QED) is 0.771. The van der Waals surface area contributed by atoms with Crippen molar-refractivity contribution in [3.05, 3.63) is 36.2 Å². The van der Waals surface area contributed by atoms with Gasteiger partial charge in [-0.05, 0) is 18.9 Å². The summed E-state index contributed by atoms with van der Waals surface area (Å²) in [5, 5.41) is 3.28. The van der Waals surface area contributed by atoms with E-state index < -0.39 is 0 Å². The maximum absolute atomic E-state index is 4.33. The van der Waals surface area contributed by atoms with Crippen LogP contribution in [-0.4, -0.2) is 4.98 Å². The van der Waals surface area contributed by atoms with E-state index in [-0.39, 0.29) is 5.41 Å². The van der Waals surface area contributed by atoms with Gasteiger partial charge in [0.25, 0.3) is 0 Å². The molecule has 1 aliphatic heterocycles. The number of aromatic nitrogens is 1. The fourth-order valence-corrected chi connectivity index (χ4v) is 2.37. The number of anilines is 1. The van der Waals surface area contributed by atoms with Gasteiger partial charge in [-0.1, -0.05) is 26.5 Å². The highest BCUT2D eigenvalue weighted by molar-refractivity contribution is 5.63. The Hall–Kier alpha value is -1.31. The van der Waals surface area contributed by atoms with Crippen molar-refractivity contribution in [3.63, 3.8) is 0 Å². The lowest BCUT2D eigenvalue weighted by atomic mass is 9.76. The molecule has 0 aliphatic carbocycles. The topological polar surface area (TPSA) is 24.9 Å². The maximum Gasteiger partial charge on any atom is 0.134 e.